The fraction of sp³-hybridized carbons (Fsp3) is 0.381. The van der Waals surface area contributed by atoms with Gasteiger partial charge < -0.3 is 9.64 Å². The number of ether oxygens (including phenoxy) is 1. The third kappa shape index (κ3) is 1.75. The second kappa shape index (κ2) is 4.62. The molecule has 0 amide bonds. The number of hydrogen-bond acceptors (Lipinski definition) is 3. The van der Waals surface area contributed by atoms with Gasteiger partial charge in [-0.1, -0.05) is 12.1 Å². The number of aliphatic imine (C=N–C) groups is 1. The summed E-state index contributed by atoms with van der Waals surface area (Å²) in [7, 11) is 2.10. The fourth-order valence-electron chi connectivity index (χ4n) is 3.98. The molecule has 0 saturated carbocycles. The molecule has 1 atom stereocenters. The number of aryl methyl sites for hydroxylation is 3. The summed E-state index contributed by atoms with van der Waals surface area (Å²) in [5.74, 6) is 0.851. The molecule has 24 heavy (non-hydrogen) atoms. The number of nitrogens with zero attached hydrogens (tertiary/aromatic N) is 2. The van der Waals surface area contributed by atoms with Gasteiger partial charge >= 0.3 is 0 Å². The van der Waals surface area contributed by atoms with E-state index in [1.807, 2.05) is 12.3 Å². The number of anilines is 1. The highest BCUT2D eigenvalue weighted by molar-refractivity contribution is 5.88. The van der Waals surface area contributed by atoms with Crippen LogP contribution in [0, 0.1) is 20.8 Å². The van der Waals surface area contributed by atoms with Crippen LogP contribution in [0.15, 0.2) is 35.3 Å². The predicted octanol–water partition coefficient (Wildman–Crippen LogP) is 4.83. The van der Waals surface area contributed by atoms with Crippen LogP contribution in [-0.2, 0) is 5.41 Å². The molecule has 2 aromatic rings. The van der Waals surface area contributed by atoms with Crippen LogP contribution in [0.5, 0.6) is 5.75 Å². The molecular weight excluding hydrogens is 296 g/mol. The number of fused-ring (bicyclic) bond motifs is 2. The first-order valence-corrected chi connectivity index (χ1v) is 8.47. The van der Waals surface area contributed by atoms with Gasteiger partial charge in [0.25, 0.3) is 0 Å². The van der Waals surface area contributed by atoms with Gasteiger partial charge in [0, 0.05) is 12.7 Å². The van der Waals surface area contributed by atoms with Crippen molar-refractivity contribution in [2.75, 3.05) is 11.9 Å². The fourth-order valence-corrected chi connectivity index (χ4v) is 3.98. The summed E-state index contributed by atoms with van der Waals surface area (Å²) in [6, 6.07) is 10.8. The minimum atomic E-state index is -0.599. The summed E-state index contributed by atoms with van der Waals surface area (Å²) in [6.45, 7) is 10.9. The maximum Gasteiger partial charge on any atom is 0.228 e. The second-order valence-electron chi connectivity index (χ2n) is 7.67. The van der Waals surface area contributed by atoms with E-state index in [1.54, 1.807) is 0 Å². The Labute approximate surface area is 144 Å². The Morgan fingerprint density at radius 2 is 1.71 bits per heavy atom. The Balaban J connectivity index is 1.90. The first kappa shape index (κ1) is 15.3. The quantitative estimate of drug-likeness (QED) is 0.694. The lowest BCUT2D eigenvalue weighted by molar-refractivity contribution is 0.0824. The smallest absolute Gasteiger partial charge is 0.228 e. The van der Waals surface area contributed by atoms with E-state index in [0.29, 0.717) is 0 Å². The summed E-state index contributed by atoms with van der Waals surface area (Å²) in [5, 5.41) is 0. The molecule has 0 fully saturated rings. The van der Waals surface area contributed by atoms with Gasteiger partial charge in [-0.2, -0.15) is 0 Å². The van der Waals surface area contributed by atoms with E-state index in [1.165, 1.54) is 27.9 Å². The SMILES string of the molecule is Cc1ccc2c(c1)N=CC1(O2)N(C)c2cc(C)c(C)cc2C1(C)C. The summed E-state index contributed by atoms with van der Waals surface area (Å²) >= 11 is 0. The van der Waals surface area contributed by atoms with E-state index in [2.05, 4.69) is 70.8 Å². The van der Waals surface area contributed by atoms with Crippen molar-refractivity contribution in [2.24, 2.45) is 4.99 Å². The molecule has 2 aliphatic rings. The average molecular weight is 320 g/mol. The first-order chi connectivity index (χ1) is 11.3. The Morgan fingerprint density at radius 3 is 2.46 bits per heavy atom. The molecule has 2 aliphatic heterocycles. The van der Waals surface area contributed by atoms with Gasteiger partial charge in [0.05, 0.1) is 11.6 Å². The van der Waals surface area contributed by atoms with Crippen LogP contribution in [0.3, 0.4) is 0 Å². The van der Waals surface area contributed by atoms with Crippen molar-refractivity contribution in [1.29, 1.82) is 0 Å². The highest BCUT2D eigenvalue weighted by atomic mass is 16.5. The molecule has 124 valence electrons. The molecule has 0 bridgehead atoms. The van der Waals surface area contributed by atoms with Gasteiger partial charge in [-0.3, -0.25) is 4.99 Å². The third-order valence-electron chi connectivity index (χ3n) is 5.80. The second-order valence-corrected chi connectivity index (χ2v) is 7.67. The summed E-state index contributed by atoms with van der Waals surface area (Å²) in [6.07, 6.45) is 1.99. The van der Waals surface area contributed by atoms with Crippen molar-refractivity contribution in [2.45, 2.75) is 45.8 Å². The molecule has 3 nitrogen and oxygen atoms in total. The van der Waals surface area contributed by atoms with E-state index in [9.17, 15) is 0 Å². The minimum Gasteiger partial charge on any atom is -0.459 e. The van der Waals surface area contributed by atoms with E-state index >= 15 is 0 Å². The Hall–Kier alpha value is -2.29. The monoisotopic (exact) mass is 320 g/mol. The minimum absolute atomic E-state index is 0.207. The molecule has 2 aromatic carbocycles. The van der Waals surface area contributed by atoms with Gasteiger partial charge in [0.1, 0.15) is 11.4 Å². The van der Waals surface area contributed by atoms with Gasteiger partial charge in [0.15, 0.2) is 0 Å². The summed E-state index contributed by atoms with van der Waals surface area (Å²) in [5.41, 5.74) is 6.46. The number of benzene rings is 2. The van der Waals surface area contributed by atoms with Crippen LogP contribution < -0.4 is 9.64 Å². The average Bonchev–Trinajstić information content (AvgIpc) is 2.68. The molecule has 1 unspecified atom stereocenters. The molecule has 0 radical (unpaired) electrons. The zero-order valence-corrected chi connectivity index (χ0v) is 15.3. The molecule has 3 heteroatoms. The van der Waals surface area contributed by atoms with Crippen molar-refractivity contribution >= 4 is 17.6 Å². The van der Waals surface area contributed by atoms with Gasteiger partial charge in [-0.15, -0.1) is 0 Å². The van der Waals surface area contributed by atoms with E-state index in [-0.39, 0.29) is 5.41 Å². The van der Waals surface area contributed by atoms with Crippen LogP contribution in [0.4, 0.5) is 11.4 Å². The molecule has 2 heterocycles. The standard InChI is InChI=1S/C21H24N2O/c1-13-7-8-19-17(9-13)22-12-21(24-19)20(4,5)16-10-14(2)15(3)11-18(16)23(21)6/h7-12H,1-6H3. The first-order valence-electron chi connectivity index (χ1n) is 8.47. The van der Waals surface area contributed by atoms with Crippen LogP contribution in [-0.4, -0.2) is 19.0 Å². The lowest BCUT2D eigenvalue weighted by Crippen LogP contribution is -2.61. The van der Waals surface area contributed by atoms with Crippen molar-refractivity contribution in [3.8, 4) is 5.75 Å². The largest absolute Gasteiger partial charge is 0.459 e. The van der Waals surface area contributed by atoms with Gasteiger partial charge in [-0.25, -0.2) is 0 Å². The van der Waals surface area contributed by atoms with Crippen molar-refractivity contribution in [3.63, 3.8) is 0 Å². The third-order valence-corrected chi connectivity index (χ3v) is 5.80. The molecule has 0 saturated heterocycles. The maximum atomic E-state index is 6.60. The molecule has 0 aliphatic carbocycles. The van der Waals surface area contributed by atoms with E-state index < -0.39 is 5.72 Å². The van der Waals surface area contributed by atoms with Gasteiger partial charge in [0.2, 0.25) is 5.72 Å². The van der Waals surface area contributed by atoms with E-state index in [0.717, 1.165) is 11.4 Å². The molecule has 0 N–H and O–H groups in total. The highest BCUT2D eigenvalue weighted by Gasteiger charge is 2.58. The normalized spacial score (nSPS) is 23.2. The molecule has 0 aromatic heterocycles. The Kier molecular flexibility index (Phi) is 2.94. The number of hydrogen-bond donors (Lipinski definition) is 0. The molecule has 1 spiro atoms. The van der Waals surface area contributed by atoms with Crippen molar-refractivity contribution in [1.82, 2.24) is 0 Å². The molecule has 4 rings (SSSR count). The number of rotatable bonds is 0. The van der Waals surface area contributed by atoms with Crippen LogP contribution in [0.1, 0.15) is 36.1 Å². The Morgan fingerprint density at radius 1 is 1.00 bits per heavy atom. The zero-order chi connectivity index (χ0) is 17.3. The van der Waals surface area contributed by atoms with Crippen molar-refractivity contribution < 1.29 is 4.74 Å². The van der Waals surface area contributed by atoms with Crippen molar-refractivity contribution in [3.05, 3.63) is 52.6 Å². The zero-order valence-electron chi connectivity index (χ0n) is 15.3. The summed E-state index contributed by atoms with van der Waals surface area (Å²) < 4.78 is 6.60. The van der Waals surface area contributed by atoms with Crippen LogP contribution in [0.25, 0.3) is 0 Å². The molecular formula is C21H24N2O. The lowest BCUT2D eigenvalue weighted by atomic mass is 9.77. The highest BCUT2D eigenvalue weighted by Crippen LogP contribution is 2.53. The maximum absolute atomic E-state index is 6.60. The Bertz CT molecular complexity index is 882. The van der Waals surface area contributed by atoms with Crippen LogP contribution in [0.2, 0.25) is 0 Å². The van der Waals surface area contributed by atoms with Gasteiger partial charge in [-0.05, 0) is 75.1 Å². The van der Waals surface area contributed by atoms with E-state index in [4.69, 9.17) is 9.73 Å². The lowest BCUT2D eigenvalue weighted by Gasteiger charge is -2.44. The predicted molar refractivity (Wildman–Crippen MR) is 100 cm³/mol. The summed E-state index contributed by atoms with van der Waals surface area (Å²) in [4.78, 5) is 7.01. The number of likely N-dealkylation sites (N-methyl/N-ethyl adjacent to an activating group) is 1. The topological polar surface area (TPSA) is 24.8 Å². The van der Waals surface area contributed by atoms with Crippen LogP contribution >= 0.6 is 0 Å².